The highest BCUT2D eigenvalue weighted by Crippen LogP contribution is 2.21. The molecule has 0 aliphatic carbocycles. The Bertz CT molecular complexity index is 401. The highest BCUT2D eigenvalue weighted by molar-refractivity contribution is 4.89. The Balaban J connectivity index is 1.82. The zero-order chi connectivity index (χ0) is 21.9. The molecule has 0 aromatic rings. The second kappa shape index (κ2) is 19.2. The molecule has 5 nitrogen and oxygen atoms in total. The summed E-state index contributed by atoms with van der Waals surface area (Å²) in [6.07, 6.45) is 21.0. The molecule has 1 aliphatic heterocycles. The quantitative estimate of drug-likeness (QED) is 0.190. The molecule has 1 saturated heterocycles. The van der Waals surface area contributed by atoms with Crippen LogP contribution in [0, 0.1) is 0 Å². The Kier molecular flexibility index (Phi) is 17.7. The van der Waals surface area contributed by atoms with Gasteiger partial charge < -0.3 is 24.8 Å². The zero-order valence-corrected chi connectivity index (χ0v) is 19.4. The lowest BCUT2D eigenvalue weighted by Crippen LogP contribution is -2.42. The minimum absolute atomic E-state index is 0.156. The summed E-state index contributed by atoms with van der Waals surface area (Å²) in [4.78, 5) is 0. The van der Waals surface area contributed by atoms with Gasteiger partial charge in [-0.15, -0.1) is 0 Å². The number of hydrogen-bond donors (Lipinski definition) is 3. The van der Waals surface area contributed by atoms with Crippen molar-refractivity contribution >= 4 is 0 Å². The van der Waals surface area contributed by atoms with Gasteiger partial charge in [-0.3, -0.25) is 0 Å². The summed E-state index contributed by atoms with van der Waals surface area (Å²) in [7, 11) is 0. The van der Waals surface area contributed by atoms with Crippen LogP contribution in [0.25, 0.3) is 0 Å². The Morgan fingerprint density at radius 1 is 0.867 bits per heavy atom. The van der Waals surface area contributed by atoms with Gasteiger partial charge in [0.05, 0.1) is 13.2 Å². The second-order valence-electron chi connectivity index (χ2n) is 8.74. The van der Waals surface area contributed by atoms with Crippen molar-refractivity contribution in [2.75, 3.05) is 19.8 Å². The van der Waals surface area contributed by atoms with E-state index in [9.17, 15) is 10.2 Å². The maximum Gasteiger partial charge on any atom is 0.114 e. The van der Waals surface area contributed by atoms with Gasteiger partial charge in [0, 0.05) is 6.61 Å². The lowest BCUT2D eigenvalue weighted by atomic mass is 10.0. The highest BCUT2D eigenvalue weighted by atomic mass is 16.6. The summed E-state index contributed by atoms with van der Waals surface area (Å²) in [5.74, 6) is 0. The number of unbranched alkanes of at least 4 members (excludes halogenated alkanes) is 13. The van der Waals surface area contributed by atoms with E-state index in [0.717, 1.165) is 12.8 Å². The summed E-state index contributed by atoms with van der Waals surface area (Å²) >= 11 is 0. The molecule has 0 spiro atoms. The first-order valence-electron chi connectivity index (χ1n) is 12.6. The van der Waals surface area contributed by atoms with Gasteiger partial charge in [0.15, 0.2) is 0 Å². The molecule has 0 bridgehead atoms. The van der Waals surface area contributed by atoms with Crippen molar-refractivity contribution in [3.63, 3.8) is 0 Å². The second-order valence-corrected chi connectivity index (χ2v) is 8.74. The summed E-state index contributed by atoms with van der Waals surface area (Å²) in [6, 6.07) is 0. The maximum atomic E-state index is 9.90. The third-order valence-corrected chi connectivity index (χ3v) is 5.93. The number of ether oxygens (including phenoxy) is 2. The third-order valence-electron chi connectivity index (χ3n) is 5.93. The minimum Gasteiger partial charge on any atom is -0.394 e. The van der Waals surface area contributed by atoms with Gasteiger partial charge in [0.2, 0.25) is 0 Å². The Morgan fingerprint density at radius 3 is 1.97 bits per heavy atom. The van der Waals surface area contributed by atoms with E-state index in [1.54, 1.807) is 0 Å². The average molecular weight is 429 g/mol. The average Bonchev–Trinajstić information content (AvgIpc) is 3.12. The van der Waals surface area contributed by atoms with E-state index in [4.69, 9.17) is 14.6 Å². The molecular weight excluding hydrogens is 380 g/mol. The molecule has 0 amide bonds. The summed E-state index contributed by atoms with van der Waals surface area (Å²) < 4.78 is 11.1. The molecule has 1 heterocycles. The van der Waals surface area contributed by atoms with Gasteiger partial charge in [-0.1, -0.05) is 89.7 Å². The van der Waals surface area contributed by atoms with Crippen molar-refractivity contribution in [3.05, 3.63) is 12.2 Å². The van der Waals surface area contributed by atoms with E-state index in [1.165, 1.54) is 83.5 Å². The topological polar surface area (TPSA) is 79.2 Å². The summed E-state index contributed by atoms with van der Waals surface area (Å²) in [5, 5.41) is 28.7. The molecule has 0 unspecified atom stereocenters. The zero-order valence-electron chi connectivity index (χ0n) is 19.4. The lowest BCUT2D eigenvalue weighted by molar-refractivity contribution is -0.0938. The van der Waals surface area contributed by atoms with Crippen molar-refractivity contribution < 1.29 is 24.8 Å². The predicted molar refractivity (Wildman–Crippen MR) is 123 cm³/mol. The van der Waals surface area contributed by atoms with Gasteiger partial charge in [0.1, 0.15) is 24.4 Å². The molecule has 3 N–H and O–H groups in total. The van der Waals surface area contributed by atoms with Crippen molar-refractivity contribution in [1.29, 1.82) is 0 Å². The van der Waals surface area contributed by atoms with Crippen LogP contribution < -0.4 is 0 Å². The normalized spacial score (nSPS) is 22.9. The molecule has 1 aliphatic rings. The fourth-order valence-electron chi connectivity index (χ4n) is 4.01. The number of aliphatic hydroxyl groups is 3. The Hall–Kier alpha value is -0.460. The van der Waals surface area contributed by atoms with E-state index >= 15 is 0 Å². The van der Waals surface area contributed by atoms with Crippen LogP contribution in [-0.2, 0) is 9.47 Å². The highest BCUT2D eigenvalue weighted by Gasteiger charge is 2.40. The van der Waals surface area contributed by atoms with E-state index in [0.29, 0.717) is 6.61 Å². The molecule has 30 heavy (non-hydrogen) atoms. The fourth-order valence-corrected chi connectivity index (χ4v) is 4.01. The smallest absolute Gasteiger partial charge is 0.114 e. The first-order valence-corrected chi connectivity index (χ1v) is 12.6. The Morgan fingerprint density at radius 2 is 1.40 bits per heavy atom. The molecule has 0 aromatic heterocycles. The van der Waals surface area contributed by atoms with E-state index in [-0.39, 0.29) is 13.2 Å². The summed E-state index contributed by atoms with van der Waals surface area (Å²) in [5.41, 5.74) is 0. The van der Waals surface area contributed by atoms with E-state index in [1.807, 2.05) is 0 Å². The van der Waals surface area contributed by atoms with E-state index < -0.39 is 24.4 Å². The molecule has 1 fully saturated rings. The molecular formula is C25H48O5. The van der Waals surface area contributed by atoms with Crippen molar-refractivity contribution in [2.24, 2.45) is 0 Å². The van der Waals surface area contributed by atoms with Crippen LogP contribution in [0.5, 0.6) is 0 Å². The van der Waals surface area contributed by atoms with Crippen LogP contribution in [0.15, 0.2) is 12.2 Å². The van der Waals surface area contributed by atoms with Crippen LogP contribution in [0.4, 0.5) is 0 Å². The largest absolute Gasteiger partial charge is 0.394 e. The van der Waals surface area contributed by atoms with Crippen LogP contribution in [0.3, 0.4) is 0 Å². The summed E-state index contributed by atoms with van der Waals surface area (Å²) in [6.45, 7) is 2.56. The minimum atomic E-state index is -1.00. The van der Waals surface area contributed by atoms with Crippen molar-refractivity contribution in [1.82, 2.24) is 0 Å². The molecule has 0 saturated carbocycles. The van der Waals surface area contributed by atoms with Crippen LogP contribution >= 0.6 is 0 Å². The Labute approximate surface area is 184 Å². The molecule has 178 valence electrons. The number of rotatable bonds is 20. The number of aliphatic hydroxyl groups excluding tert-OH is 3. The van der Waals surface area contributed by atoms with Crippen LogP contribution in [-0.4, -0.2) is 59.6 Å². The van der Waals surface area contributed by atoms with Gasteiger partial charge in [-0.25, -0.2) is 0 Å². The first-order chi connectivity index (χ1) is 14.7. The lowest BCUT2D eigenvalue weighted by Gasteiger charge is -2.23. The van der Waals surface area contributed by atoms with Gasteiger partial charge in [-0.05, 0) is 25.7 Å². The van der Waals surface area contributed by atoms with Gasteiger partial charge in [-0.2, -0.15) is 0 Å². The molecule has 1 rings (SSSR count). The van der Waals surface area contributed by atoms with Gasteiger partial charge in [0.25, 0.3) is 0 Å². The third kappa shape index (κ3) is 13.1. The predicted octanol–water partition coefficient (Wildman–Crippen LogP) is 4.91. The SMILES string of the molecule is CCC/C=C/CCCCCCCCCCCCCCO[C@@H]1[C@H]([C@@H](O)CO)OC[C@H]1O. The molecule has 0 radical (unpaired) electrons. The number of hydrogen-bond acceptors (Lipinski definition) is 5. The van der Waals surface area contributed by atoms with Gasteiger partial charge >= 0.3 is 0 Å². The monoisotopic (exact) mass is 428 g/mol. The fraction of sp³-hybridized carbons (Fsp3) is 0.920. The standard InChI is InChI=1S/C25H48O5/c1-2-3-4-5-6-7-8-9-10-11-12-13-14-15-16-17-18-19-29-25-23(28)21-30-24(25)22(27)20-26/h4-5,22-28H,2-3,6-21H2,1H3/b5-4+/t22-,23+,24-,25-/m0/s1. The van der Waals surface area contributed by atoms with E-state index in [2.05, 4.69) is 19.1 Å². The number of allylic oxidation sites excluding steroid dienone is 2. The van der Waals surface area contributed by atoms with Crippen molar-refractivity contribution in [3.8, 4) is 0 Å². The van der Waals surface area contributed by atoms with Crippen molar-refractivity contribution in [2.45, 2.75) is 128 Å². The molecule has 5 heteroatoms. The molecule has 0 aromatic carbocycles. The van der Waals surface area contributed by atoms with Crippen LogP contribution in [0.2, 0.25) is 0 Å². The molecule has 4 atom stereocenters. The maximum absolute atomic E-state index is 9.90. The van der Waals surface area contributed by atoms with Crippen LogP contribution in [0.1, 0.15) is 103 Å². The first kappa shape index (κ1) is 27.6.